The quantitative estimate of drug-likeness (QED) is 0.420. The first kappa shape index (κ1) is 13.7. The second kappa shape index (κ2) is 5.49. The SMILES string of the molecule is Nc1ncnn2c(CC(O)C(O)C(O)CO)ccc12. The molecular formula is C11H16N4O4. The van der Waals surface area contributed by atoms with Gasteiger partial charge in [-0.2, -0.15) is 5.10 Å². The molecule has 8 heteroatoms. The number of nitrogens with zero attached hydrogens (tertiary/aromatic N) is 3. The summed E-state index contributed by atoms with van der Waals surface area (Å²) in [7, 11) is 0. The molecule has 2 heterocycles. The highest BCUT2D eigenvalue weighted by molar-refractivity contribution is 5.65. The molecule has 0 radical (unpaired) electrons. The van der Waals surface area contributed by atoms with E-state index in [-0.39, 0.29) is 6.42 Å². The Balaban J connectivity index is 2.20. The minimum atomic E-state index is -1.44. The number of nitrogens with two attached hydrogens (primary N) is 1. The monoisotopic (exact) mass is 268 g/mol. The zero-order valence-electron chi connectivity index (χ0n) is 10.1. The largest absolute Gasteiger partial charge is 0.394 e. The first-order valence-corrected chi connectivity index (χ1v) is 5.76. The van der Waals surface area contributed by atoms with Crippen LogP contribution in [0.2, 0.25) is 0 Å². The lowest BCUT2D eigenvalue weighted by molar-refractivity contribution is -0.0758. The Bertz CT molecular complexity index is 559. The van der Waals surface area contributed by atoms with E-state index >= 15 is 0 Å². The fourth-order valence-electron chi connectivity index (χ4n) is 1.86. The second-order valence-electron chi connectivity index (χ2n) is 4.28. The molecule has 19 heavy (non-hydrogen) atoms. The summed E-state index contributed by atoms with van der Waals surface area (Å²) >= 11 is 0. The molecule has 0 saturated heterocycles. The summed E-state index contributed by atoms with van der Waals surface area (Å²) in [6.45, 7) is -0.623. The lowest BCUT2D eigenvalue weighted by atomic mass is 10.0. The number of fused-ring (bicyclic) bond motifs is 1. The number of rotatable bonds is 5. The van der Waals surface area contributed by atoms with E-state index in [1.807, 2.05) is 0 Å². The zero-order valence-corrected chi connectivity index (χ0v) is 10.1. The third-order valence-electron chi connectivity index (χ3n) is 2.95. The van der Waals surface area contributed by atoms with Gasteiger partial charge in [0, 0.05) is 12.1 Å². The van der Waals surface area contributed by atoms with E-state index in [4.69, 9.17) is 10.8 Å². The van der Waals surface area contributed by atoms with Crippen molar-refractivity contribution in [3.8, 4) is 0 Å². The van der Waals surface area contributed by atoms with Crippen LogP contribution in [0.5, 0.6) is 0 Å². The van der Waals surface area contributed by atoms with E-state index in [2.05, 4.69) is 10.1 Å². The third kappa shape index (κ3) is 2.66. The van der Waals surface area contributed by atoms with Crippen LogP contribution in [0.25, 0.3) is 5.52 Å². The average molecular weight is 268 g/mol. The maximum absolute atomic E-state index is 9.81. The minimum Gasteiger partial charge on any atom is -0.394 e. The highest BCUT2D eigenvalue weighted by atomic mass is 16.4. The first-order chi connectivity index (χ1) is 9.04. The molecule has 0 aromatic carbocycles. The number of aliphatic hydroxyl groups is 4. The Morgan fingerprint density at radius 1 is 1.21 bits per heavy atom. The molecule has 104 valence electrons. The molecule has 3 unspecified atom stereocenters. The van der Waals surface area contributed by atoms with Crippen molar-refractivity contribution in [3.63, 3.8) is 0 Å². The molecular weight excluding hydrogens is 252 g/mol. The summed E-state index contributed by atoms with van der Waals surface area (Å²) in [6, 6.07) is 3.40. The maximum Gasteiger partial charge on any atom is 0.151 e. The molecule has 2 rings (SSSR count). The molecule has 0 amide bonds. The van der Waals surface area contributed by atoms with Gasteiger partial charge >= 0.3 is 0 Å². The molecule has 2 aromatic rings. The van der Waals surface area contributed by atoms with Gasteiger partial charge in [-0.25, -0.2) is 9.50 Å². The van der Waals surface area contributed by atoms with Gasteiger partial charge in [0.05, 0.1) is 12.7 Å². The van der Waals surface area contributed by atoms with Crippen LogP contribution in [0.3, 0.4) is 0 Å². The second-order valence-corrected chi connectivity index (χ2v) is 4.28. The van der Waals surface area contributed by atoms with E-state index in [1.54, 1.807) is 12.1 Å². The number of anilines is 1. The van der Waals surface area contributed by atoms with Crippen LogP contribution in [0.1, 0.15) is 5.69 Å². The standard InChI is InChI=1S/C11H16N4O4/c12-11-7-2-1-6(15(7)14-5-13-11)3-8(17)10(19)9(18)4-16/h1-2,5,8-10,16-19H,3-4H2,(H2,12,13,14). The Morgan fingerprint density at radius 3 is 2.63 bits per heavy atom. The molecule has 0 aliphatic heterocycles. The van der Waals surface area contributed by atoms with Crippen molar-refractivity contribution >= 4 is 11.3 Å². The van der Waals surface area contributed by atoms with E-state index in [1.165, 1.54) is 10.8 Å². The minimum absolute atomic E-state index is 0.0584. The lowest BCUT2D eigenvalue weighted by Crippen LogP contribution is -2.40. The number of aliphatic hydroxyl groups excluding tert-OH is 4. The van der Waals surface area contributed by atoms with Crippen LogP contribution in [0, 0.1) is 0 Å². The molecule has 0 spiro atoms. The average Bonchev–Trinajstić information content (AvgIpc) is 2.81. The Kier molecular flexibility index (Phi) is 3.96. The van der Waals surface area contributed by atoms with Crippen molar-refractivity contribution in [2.75, 3.05) is 12.3 Å². The van der Waals surface area contributed by atoms with E-state index in [0.717, 1.165) is 0 Å². The molecule has 0 bridgehead atoms. The smallest absolute Gasteiger partial charge is 0.151 e. The van der Waals surface area contributed by atoms with Crippen LogP contribution in [-0.4, -0.2) is 59.9 Å². The predicted octanol–water partition coefficient (Wildman–Crippen LogP) is -2.07. The van der Waals surface area contributed by atoms with Crippen molar-refractivity contribution in [2.45, 2.75) is 24.7 Å². The number of hydrogen-bond acceptors (Lipinski definition) is 7. The molecule has 8 nitrogen and oxygen atoms in total. The van der Waals surface area contributed by atoms with Gasteiger partial charge < -0.3 is 26.2 Å². The highest BCUT2D eigenvalue weighted by Gasteiger charge is 2.25. The summed E-state index contributed by atoms with van der Waals surface area (Å²) in [5.41, 5.74) is 6.88. The normalized spacial score (nSPS) is 16.4. The third-order valence-corrected chi connectivity index (χ3v) is 2.95. The van der Waals surface area contributed by atoms with Crippen LogP contribution >= 0.6 is 0 Å². The van der Waals surface area contributed by atoms with E-state index in [9.17, 15) is 15.3 Å². The van der Waals surface area contributed by atoms with Crippen LogP contribution in [-0.2, 0) is 6.42 Å². The molecule has 0 fully saturated rings. The molecule has 0 aliphatic rings. The van der Waals surface area contributed by atoms with Crippen LogP contribution in [0.4, 0.5) is 5.82 Å². The van der Waals surface area contributed by atoms with Crippen molar-refractivity contribution in [3.05, 3.63) is 24.2 Å². The van der Waals surface area contributed by atoms with Gasteiger partial charge in [-0.15, -0.1) is 0 Å². The number of nitrogen functional groups attached to an aromatic ring is 1. The van der Waals surface area contributed by atoms with Crippen LogP contribution in [0.15, 0.2) is 18.5 Å². The first-order valence-electron chi connectivity index (χ1n) is 5.76. The molecule has 0 saturated carbocycles. The lowest BCUT2D eigenvalue weighted by Gasteiger charge is -2.21. The molecule has 6 N–H and O–H groups in total. The summed E-state index contributed by atoms with van der Waals surface area (Å²) in [4.78, 5) is 3.84. The summed E-state index contributed by atoms with van der Waals surface area (Å²) in [5.74, 6) is 0.312. The van der Waals surface area contributed by atoms with Crippen LogP contribution < -0.4 is 5.73 Å². The van der Waals surface area contributed by atoms with Gasteiger partial charge in [-0.1, -0.05) is 0 Å². The zero-order chi connectivity index (χ0) is 14.0. The van der Waals surface area contributed by atoms with E-state index in [0.29, 0.717) is 17.0 Å². The summed E-state index contributed by atoms with van der Waals surface area (Å²) in [5, 5.41) is 41.4. The van der Waals surface area contributed by atoms with Crippen molar-refractivity contribution < 1.29 is 20.4 Å². The van der Waals surface area contributed by atoms with Crippen molar-refractivity contribution in [1.82, 2.24) is 14.6 Å². The van der Waals surface area contributed by atoms with Crippen molar-refractivity contribution in [2.24, 2.45) is 0 Å². The molecule has 2 aromatic heterocycles. The highest BCUT2D eigenvalue weighted by Crippen LogP contribution is 2.15. The molecule has 0 aliphatic carbocycles. The van der Waals surface area contributed by atoms with Crippen molar-refractivity contribution in [1.29, 1.82) is 0 Å². The fourth-order valence-corrected chi connectivity index (χ4v) is 1.86. The van der Waals surface area contributed by atoms with Gasteiger partial charge in [0.25, 0.3) is 0 Å². The van der Waals surface area contributed by atoms with Gasteiger partial charge in [0.1, 0.15) is 24.1 Å². The maximum atomic E-state index is 9.81. The van der Waals surface area contributed by atoms with Gasteiger partial charge in [0.2, 0.25) is 0 Å². The predicted molar refractivity (Wildman–Crippen MR) is 66.2 cm³/mol. The topological polar surface area (TPSA) is 137 Å². The summed E-state index contributed by atoms with van der Waals surface area (Å²) in [6.07, 6.45) is -2.70. The van der Waals surface area contributed by atoms with Gasteiger partial charge in [-0.3, -0.25) is 0 Å². The van der Waals surface area contributed by atoms with Gasteiger partial charge in [0.15, 0.2) is 5.82 Å². The number of aromatic nitrogens is 3. The Morgan fingerprint density at radius 2 is 1.95 bits per heavy atom. The Hall–Kier alpha value is -1.74. The van der Waals surface area contributed by atoms with E-state index < -0.39 is 24.9 Å². The molecule has 3 atom stereocenters. The number of hydrogen-bond donors (Lipinski definition) is 5. The van der Waals surface area contributed by atoms with Gasteiger partial charge in [-0.05, 0) is 12.1 Å². The summed E-state index contributed by atoms with van der Waals surface area (Å²) < 4.78 is 1.50. The Labute approximate surface area is 108 Å². The fraction of sp³-hybridized carbons (Fsp3) is 0.455.